The Morgan fingerprint density at radius 3 is 2.79 bits per heavy atom. The van der Waals surface area contributed by atoms with Crippen molar-refractivity contribution in [3.05, 3.63) is 24.3 Å². The third-order valence-corrected chi connectivity index (χ3v) is 2.80. The first-order valence-electron chi connectivity index (χ1n) is 5.97. The van der Waals surface area contributed by atoms with Gasteiger partial charge in [-0.3, -0.25) is 4.79 Å². The van der Waals surface area contributed by atoms with Gasteiger partial charge in [-0.25, -0.2) is 0 Å². The Hall–Kier alpha value is -1.46. The van der Waals surface area contributed by atoms with Crippen molar-refractivity contribution in [3.8, 4) is 11.5 Å². The first-order valence-corrected chi connectivity index (χ1v) is 5.97. The Morgan fingerprint density at radius 1 is 1.42 bits per heavy atom. The van der Waals surface area contributed by atoms with E-state index in [1.165, 1.54) is 0 Å². The molecule has 6 heteroatoms. The molecule has 106 valence electrons. The maximum absolute atomic E-state index is 11.6. The van der Waals surface area contributed by atoms with Gasteiger partial charge in [-0.2, -0.15) is 0 Å². The molecule has 0 fully saturated rings. The molecule has 1 aliphatic rings. The van der Waals surface area contributed by atoms with Gasteiger partial charge in [0, 0.05) is 7.05 Å². The maximum Gasteiger partial charge on any atom is 0.236 e. The van der Waals surface area contributed by atoms with Gasteiger partial charge in [-0.1, -0.05) is 12.1 Å². The summed E-state index contributed by atoms with van der Waals surface area (Å²) in [5.41, 5.74) is 0. The summed E-state index contributed by atoms with van der Waals surface area (Å²) in [6.07, 6.45) is -0.120. The zero-order chi connectivity index (χ0) is 13.0. The highest BCUT2D eigenvalue weighted by molar-refractivity contribution is 5.85. The van der Waals surface area contributed by atoms with Crippen LogP contribution in [-0.4, -0.2) is 50.7 Å². The number of para-hydroxylation sites is 2. The number of amides is 1. The molecule has 0 saturated heterocycles. The van der Waals surface area contributed by atoms with E-state index in [0.717, 1.165) is 11.5 Å². The molecular formula is C13H19ClN2O3. The minimum Gasteiger partial charge on any atom is -0.486 e. The van der Waals surface area contributed by atoms with Crippen LogP contribution in [-0.2, 0) is 4.79 Å². The van der Waals surface area contributed by atoms with Gasteiger partial charge in [0.2, 0.25) is 5.91 Å². The van der Waals surface area contributed by atoms with Gasteiger partial charge in [-0.05, 0) is 19.2 Å². The third kappa shape index (κ3) is 4.01. The number of benzene rings is 1. The van der Waals surface area contributed by atoms with Crippen molar-refractivity contribution in [1.82, 2.24) is 10.2 Å². The van der Waals surface area contributed by atoms with Gasteiger partial charge < -0.3 is 19.7 Å². The minimum absolute atomic E-state index is 0. The number of rotatable bonds is 4. The summed E-state index contributed by atoms with van der Waals surface area (Å²) in [5, 5.41) is 2.84. The van der Waals surface area contributed by atoms with Gasteiger partial charge >= 0.3 is 0 Å². The van der Waals surface area contributed by atoms with Crippen molar-refractivity contribution < 1.29 is 14.3 Å². The molecule has 1 heterocycles. The van der Waals surface area contributed by atoms with Crippen molar-refractivity contribution >= 4 is 18.3 Å². The van der Waals surface area contributed by atoms with E-state index in [-0.39, 0.29) is 24.4 Å². The fourth-order valence-electron chi connectivity index (χ4n) is 1.85. The van der Waals surface area contributed by atoms with Crippen LogP contribution in [0.4, 0.5) is 0 Å². The monoisotopic (exact) mass is 286 g/mol. The van der Waals surface area contributed by atoms with Crippen molar-refractivity contribution in [2.75, 3.05) is 33.8 Å². The lowest BCUT2D eigenvalue weighted by molar-refractivity contribution is -0.130. The number of hydrogen-bond acceptors (Lipinski definition) is 4. The number of ether oxygens (including phenoxy) is 2. The number of nitrogens with zero attached hydrogens (tertiary/aromatic N) is 1. The van der Waals surface area contributed by atoms with Crippen LogP contribution in [0.15, 0.2) is 24.3 Å². The number of carbonyl (C=O) groups excluding carboxylic acids is 1. The zero-order valence-corrected chi connectivity index (χ0v) is 11.9. The molecule has 1 unspecified atom stereocenters. The lowest BCUT2D eigenvalue weighted by Gasteiger charge is -2.29. The van der Waals surface area contributed by atoms with Crippen LogP contribution in [0.3, 0.4) is 0 Å². The molecule has 1 aliphatic heterocycles. The summed E-state index contributed by atoms with van der Waals surface area (Å²) in [4.78, 5) is 13.3. The number of likely N-dealkylation sites (N-methyl/N-ethyl adjacent to an activating group) is 2. The second kappa shape index (κ2) is 7.21. The second-order valence-electron chi connectivity index (χ2n) is 4.30. The van der Waals surface area contributed by atoms with E-state index >= 15 is 0 Å². The van der Waals surface area contributed by atoms with Gasteiger partial charge in [0.05, 0.1) is 13.1 Å². The molecule has 1 aromatic rings. The standard InChI is InChI=1S/C13H18N2O3.ClH/c1-14-7-13(16)15(2)8-10-9-17-11-5-3-4-6-12(11)18-10;/h3-6,10,14H,7-9H2,1-2H3;1H. The molecule has 5 nitrogen and oxygen atoms in total. The van der Waals surface area contributed by atoms with Crippen LogP contribution in [0, 0.1) is 0 Å². The highest BCUT2D eigenvalue weighted by Crippen LogP contribution is 2.30. The molecule has 0 spiro atoms. The van der Waals surface area contributed by atoms with E-state index in [4.69, 9.17) is 9.47 Å². The summed E-state index contributed by atoms with van der Waals surface area (Å²) in [5.74, 6) is 1.54. The summed E-state index contributed by atoms with van der Waals surface area (Å²) in [7, 11) is 3.52. The van der Waals surface area contributed by atoms with E-state index in [1.807, 2.05) is 24.3 Å². The van der Waals surface area contributed by atoms with Gasteiger partial charge in [0.25, 0.3) is 0 Å². The Kier molecular flexibility index (Phi) is 5.92. The van der Waals surface area contributed by atoms with Crippen LogP contribution in [0.25, 0.3) is 0 Å². The highest BCUT2D eigenvalue weighted by Gasteiger charge is 2.23. The van der Waals surface area contributed by atoms with Crippen molar-refractivity contribution in [3.63, 3.8) is 0 Å². The summed E-state index contributed by atoms with van der Waals surface area (Å²) in [6, 6.07) is 7.56. The molecular weight excluding hydrogens is 268 g/mol. The largest absolute Gasteiger partial charge is 0.486 e. The first kappa shape index (κ1) is 15.6. The normalized spacial score (nSPS) is 16.4. The molecule has 0 aliphatic carbocycles. The maximum atomic E-state index is 11.6. The fourth-order valence-corrected chi connectivity index (χ4v) is 1.85. The fraction of sp³-hybridized carbons (Fsp3) is 0.462. The van der Waals surface area contributed by atoms with Crippen LogP contribution in [0.2, 0.25) is 0 Å². The Labute approximate surface area is 119 Å². The lowest BCUT2D eigenvalue weighted by atomic mass is 10.2. The number of hydrogen-bond donors (Lipinski definition) is 1. The molecule has 19 heavy (non-hydrogen) atoms. The van der Waals surface area contributed by atoms with E-state index in [2.05, 4.69) is 5.32 Å². The van der Waals surface area contributed by atoms with Crippen molar-refractivity contribution in [2.45, 2.75) is 6.10 Å². The highest BCUT2D eigenvalue weighted by atomic mass is 35.5. The van der Waals surface area contributed by atoms with Crippen LogP contribution in [0.5, 0.6) is 11.5 Å². The second-order valence-corrected chi connectivity index (χ2v) is 4.30. The van der Waals surface area contributed by atoms with Gasteiger partial charge in [0.1, 0.15) is 6.61 Å². The van der Waals surface area contributed by atoms with E-state index < -0.39 is 0 Å². The van der Waals surface area contributed by atoms with Gasteiger partial charge in [-0.15, -0.1) is 12.4 Å². The Balaban J connectivity index is 0.00000180. The van der Waals surface area contributed by atoms with Crippen LogP contribution >= 0.6 is 12.4 Å². The summed E-state index contributed by atoms with van der Waals surface area (Å²) >= 11 is 0. The van der Waals surface area contributed by atoms with Crippen molar-refractivity contribution in [2.24, 2.45) is 0 Å². The predicted molar refractivity (Wildman–Crippen MR) is 75.2 cm³/mol. The zero-order valence-electron chi connectivity index (χ0n) is 11.1. The first-order chi connectivity index (χ1) is 8.70. The molecule has 1 atom stereocenters. The summed E-state index contributed by atoms with van der Waals surface area (Å²) in [6.45, 7) is 1.32. The number of fused-ring (bicyclic) bond motifs is 1. The van der Waals surface area contributed by atoms with Gasteiger partial charge in [0.15, 0.2) is 17.6 Å². The quantitative estimate of drug-likeness (QED) is 0.894. The number of halogens is 1. The molecule has 1 N–H and O–H groups in total. The van der Waals surface area contributed by atoms with E-state index in [0.29, 0.717) is 19.7 Å². The smallest absolute Gasteiger partial charge is 0.236 e. The van der Waals surface area contributed by atoms with Crippen LogP contribution < -0.4 is 14.8 Å². The third-order valence-electron chi connectivity index (χ3n) is 2.80. The van der Waals surface area contributed by atoms with E-state index in [9.17, 15) is 4.79 Å². The Bertz CT molecular complexity index is 428. The molecule has 0 aromatic heterocycles. The number of carbonyl (C=O) groups is 1. The minimum atomic E-state index is -0.120. The SMILES string of the molecule is CNCC(=O)N(C)CC1COc2ccccc2O1.Cl. The topological polar surface area (TPSA) is 50.8 Å². The molecule has 0 saturated carbocycles. The van der Waals surface area contributed by atoms with Crippen LogP contribution in [0.1, 0.15) is 0 Å². The average molecular weight is 287 g/mol. The molecule has 0 radical (unpaired) electrons. The molecule has 1 amide bonds. The molecule has 2 rings (SSSR count). The van der Waals surface area contributed by atoms with Crippen molar-refractivity contribution in [1.29, 1.82) is 0 Å². The molecule has 0 bridgehead atoms. The predicted octanol–water partition coefficient (Wildman–Crippen LogP) is 0.926. The average Bonchev–Trinajstić information content (AvgIpc) is 2.39. The Morgan fingerprint density at radius 2 is 2.11 bits per heavy atom. The lowest BCUT2D eigenvalue weighted by Crippen LogP contribution is -2.44. The summed E-state index contributed by atoms with van der Waals surface area (Å²) < 4.78 is 11.4. The molecule has 1 aromatic carbocycles. The number of nitrogens with one attached hydrogen (secondary N) is 1. The van der Waals surface area contributed by atoms with E-state index in [1.54, 1.807) is 19.0 Å².